The molecule has 0 atom stereocenters. The van der Waals surface area contributed by atoms with Gasteiger partial charge in [0.2, 0.25) is 0 Å². The lowest BCUT2D eigenvalue weighted by Crippen LogP contribution is -2.31. The van der Waals surface area contributed by atoms with Crippen LogP contribution in [0.4, 0.5) is 5.00 Å². The minimum absolute atomic E-state index is 0.354. The number of carbonyl (C=O) groups is 1. The Kier molecular flexibility index (Phi) is 6.90. The van der Waals surface area contributed by atoms with Crippen molar-refractivity contribution < 1.29 is 9.53 Å². The molecule has 7 heteroatoms. The third-order valence-electron chi connectivity index (χ3n) is 2.56. The van der Waals surface area contributed by atoms with Crippen LogP contribution in [0.1, 0.15) is 21.7 Å². The summed E-state index contributed by atoms with van der Waals surface area (Å²) in [6.45, 7) is 3.74. The number of aryl methyl sites for hydroxylation is 1. The van der Waals surface area contributed by atoms with Crippen LogP contribution < -0.4 is 10.6 Å². The molecular formula is C13H21N3O2S2. The second-order valence-corrected chi connectivity index (χ2v) is 6.29. The summed E-state index contributed by atoms with van der Waals surface area (Å²) in [5.41, 5.74) is 0.521. The van der Waals surface area contributed by atoms with Crippen LogP contribution >= 0.6 is 23.6 Å². The van der Waals surface area contributed by atoms with Crippen LogP contribution in [0.5, 0.6) is 0 Å². The maximum absolute atomic E-state index is 11.6. The average molecular weight is 315 g/mol. The highest BCUT2D eigenvalue weighted by Crippen LogP contribution is 2.28. The van der Waals surface area contributed by atoms with Crippen LogP contribution in [-0.2, 0) is 4.74 Å². The highest BCUT2D eigenvalue weighted by Gasteiger charge is 2.15. The number of hydrogen-bond donors (Lipinski definition) is 2. The van der Waals surface area contributed by atoms with Crippen molar-refractivity contribution in [1.29, 1.82) is 0 Å². The van der Waals surface area contributed by atoms with Crippen molar-refractivity contribution in [2.75, 3.05) is 39.6 Å². The molecule has 20 heavy (non-hydrogen) atoms. The lowest BCUT2D eigenvalue weighted by atomic mass is 10.3. The smallest absolute Gasteiger partial charge is 0.340 e. The molecule has 5 nitrogen and oxygen atoms in total. The lowest BCUT2D eigenvalue weighted by molar-refractivity contribution is 0.0602. The third kappa shape index (κ3) is 5.44. The van der Waals surface area contributed by atoms with Gasteiger partial charge in [0.1, 0.15) is 5.00 Å². The lowest BCUT2D eigenvalue weighted by Gasteiger charge is -2.12. The van der Waals surface area contributed by atoms with E-state index in [0.717, 1.165) is 29.4 Å². The molecular weight excluding hydrogens is 294 g/mol. The number of hydrogen-bond acceptors (Lipinski definition) is 5. The Morgan fingerprint density at radius 1 is 1.50 bits per heavy atom. The first kappa shape index (κ1) is 16.9. The molecule has 1 rings (SSSR count). The van der Waals surface area contributed by atoms with Crippen LogP contribution in [0.2, 0.25) is 0 Å². The summed E-state index contributed by atoms with van der Waals surface area (Å²) in [7, 11) is 5.44. The van der Waals surface area contributed by atoms with Gasteiger partial charge in [0.25, 0.3) is 0 Å². The molecule has 0 aliphatic carbocycles. The number of methoxy groups -OCH3 is 1. The number of esters is 1. The van der Waals surface area contributed by atoms with E-state index in [9.17, 15) is 4.79 Å². The molecule has 0 fully saturated rings. The molecule has 0 unspecified atom stereocenters. The summed E-state index contributed by atoms with van der Waals surface area (Å²) < 4.78 is 4.76. The van der Waals surface area contributed by atoms with Gasteiger partial charge < -0.3 is 20.3 Å². The van der Waals surface area contributed by atoms with Crippen molar-refractivity contribution in [2.45, 2.75) is 13.3 Å². The number of nitrogens with one attached hydrogen (secondary N) is 2. The molecule has 0 saturated carbocycles. The Balaban J connectivity index is 2.51. The van der Waals surface area contributed by atoms with E-state index in [1.54, 1.807) is 6.07 Å². The predicted octanol–water partition coefficient (Wildman–Crippen LogP) is 2.08. The van der Waals surface area contributed by atoms with E-state index >= 15 is 0 Å². The number of carbonyl (C=O) groups excluding carboxylic acids is 1. The molecule has 1 aromatic heterocycles. The summed E-state index contributed by atoms with van der Waals surface area (Å²) >= 11 is 6.71. The molecule has 0 aromatic carbocycles. The molecule has 0 aliphatic heterocycles. The van der Waals surface area contributed by atoms with Gasteiger partial charge >= 0.3 is 5.97 Å². The van der Waals surface area contributed by atoms with Crippen molar-refractivity contribution >= 4 is 39.6 Å². The fourth-order valence-electron chi connectivity index (χ4n) is 1.61. The van der Waals surface area contributed by atoms with Gasteiger partial charge in [0.15, 0.2) is 5.11 Å². The normalized spacial score (nSPS) is 10.4. The second kappa shape index (κ2) is 8.18. The van der Waals surface area contributed by atoms with Crippen LogP contribution in [-0.4, -0.2) is 50.3 Å². The average Bonchev–Trinajstić information content (AvgIpc) is 2.74. The Morgan fingerprint density at radius 2 is 2.20 bits per heavy atom. The Morgan fingerprint density at radius 3 is 2.80 bits per heavy atom. The number of thiocarbonyl (C=S) groups is 1. The van der Waals surface area contributed by atoms with E-state index in [1.165, 1.54) is 18.4 Å². The fraction of sp³-hybridized carbons (Fsp3) is 0.538. The van der Waals surface area contributed by atoms with Gasteiger partial charge in [-0.1, -0.05) is 0 Å². The zero-order chi connectivity index (χ0) is 15.1. The van der Waals surface area contributed by atoms with Crippen molar-refractivity contribution in [3.05, 3.63) is 16.5 Å². The Labute approximate surface area is 129 Å². The quantitative estimate of drug-likeness (QED) is 0.476. The second-order valence-electron chi connectivity index (χ2n) is 4.63. The zero-order valence-electron chi connectivity index (χ0n) is 12.3. The van der Waals surface area contributed by atoms with Crippen LogP contribution in [0.25, 0.3) is 0 Å². The third-order valence-corrected chi connectivity index (χ3v) is 3.77. The molecule has 1 heterocycles. The van der Waals surface area contributed by atoms with Crippen molar-refractivity contribution in [3.8, 4) is 0 Å². The first-order chi connectivity index (χ1) is 9.43. The highest BCUT2D eigenvalue weighted by molar-refractivity contribution is 7.80. The van der Waals surface area contributed by atoms with Crippen LogP contribution in [0.15, 0.2) is 6.07 Å². The molecule has 0 bridgehead atoms. The fourth-order valence-corrected chi connectivity index (χ4v) is 2.79. The van der Waals surface area contributed by atoms with Gasteiger partial charge in [-0.3, -0.25) is 0 Å². The van der Waals surface area contributed by atoms with Gasteiger partial charge in [-0.15, -0.1) is 11.3 Å². The van der Waals surface area contributed by atoms with Gasteiger partial charge in [0, 0.05) is 11.4 Å². The number of thiophene rings is 1. The summed E-state index contributed by atoms with van der Waals surface area (Å²) in [6.07, 6.45) is 1.00. The monoisotopic (exact) mass is 315 g/mol. The number of nitrogens with zero attached hydrogens (tertiary/aromatic N) is 1. The zero-order valence-corrected chi connectivity index (χ0v) is 13.9. The van der Waals surface area contributed by atoms with E-state index in [1.807, 2.05) is 21.0 Å². The summed E-state index contributed by atoms with van der Waals surface area (Å²) in [5.74, 6) is -0.354. The van der Waals surface area contributed by atoms with Gasteiger partial charge in [-0.25, -0.2) is 4.79 Å². The van der Waals surface area contributed by atoms with Crippen LogP contribution in [0, 0.1) is 6.92 Å². The van der Waals surface area contributed by atoms with Crippen molar-refractivity contribution in [2.24, 2.45) is 0 Å². The first-order valence-electron chi connectivity index (χ1n) is 6.32. The summed E-state index contributed by atoms with van der Waals surface area (Å²) in [5, 5.41) is 7.43. The number of rotatable bonds is 6. The molecule has 0 aliphatic rings. The summed E-state index contributed by atoms with van der Waals surface area (Å²) in [6, 6.07) is 1.80. The molecule has 0 radical (unpaired) electrons. The van der Waals surface area contributed by atoms with Gasteiger partial charge in [-0.05, 0) is 52.3 Å². The predicted molar refractivity (Wildman–Crippen MR) is 87.8 cm³/mol. The minimum atomic E-state index is -0.354. The number of anilines is 1. The molecule has 112 valence electrons. The van der Waals surface area contributed by atoms with E-state index in [-0.39, 0.29) is 5.97 Å². The Hall–Kier alpha value is -1.18. The molecule has 1 aromatic rings. The molecule has 0 spiro atoms. The molecule has 2 N–H and O–H groups in total. The highest BCUT2D eigenvalue weighted by atomic mass is 32.1. The maximum Gasteiger partial charge on any atom is 0.340 e. The van der Waals surface area contributed by atoms with E-state index in [4.69, 9.17) is 17.0 Å². The molecule has 0 amide bonds. The van der Waals surface area contributed by atoms with Gasteiger partial charge in [0.05, 0.1) is 12.7 Å². The van der Waals surface area contributed by atoms with E-state index < -0.39 is 0 Å². The van der Waals surface area contributed by atoms with Crippen molar-refractivity contribution in [3.63, 3.8) is 0 Å². The largest absolute Gasteiger partial charge is 0.465 e. The maximum atomic E-state index is 11.6. The van der Waals surface area contributed by atoms with E-state index in [0.29, 0.717) is 10.7 Å². The standard InChI is InChI=1S/C13H21N3O2S2/c1-9-8-10(12(17)18-4)11(20-9)15-13(19)14-6-5-7-16(2)3/h8H,5-7H2,1-4H3,(H2,14,15,19). The SMILES string of the molecule is COC(=O)c1cc(C)sc1NC(=S)NCCCN(C)C. The topological polar surface area (TPSA) is 53.6 Å². The number of ether oxygens (including phenoxy) is 1. The first-order valence-corrected chi connectivity index (χ1v) is 7.55. The van der Waals surface area contributed by atoms with E-state index in [2.05, 4.69) is 15.5 Å². The Bertz CT molecular complexity index is 472. The minimum Gasteiger partial charge on any atom is -0.465 e. The summed E-state index contributed by atoms with van der Waals surface area (Å²) in [4.78, 5) is 14.8. The van der Waals surface area contributed by atoms with Crippen molar-refractivity contribution in [1.82, 2.24) is 10.2 Å². The molecule has 0 saturated heterocycles. The van der Waals surface area contributed by atoms with Gasteiger partial charge in [-0.2, -0.15) is 0 Å². The van der Waals surface area contributed by atoms with Crippen LogP contribution in [0.3, 0.4) is 0 Å².